The second kappa shape index (κ2) is 9.99. The average Bonchev–Trinajstić information content (AvgIpc) is 2.77. The maximum Gasteiger partial charge on any atom is 0.142 e. The molecule has 0 heterocycles. The normalized spacial score (nSPS) is 25.4. The molecular weight excluding hydrogens is 386 g/mol. The lowest BCUT2D eigenvalue weighted by Gasteiger charge is -2.42. The molecule has 2 aliphatic carbocycles. The number of aryl methyl sites for hydroxylation is 1. The third-order valence-corrected chi connectivity index (χ3v) is 7.61. The van der Waals surface area contributed by atoms with Crippen LogP contribution in [0.3, 0.4) is 0 Å². The zero-order valence-corrected chi connectivity index (χ0v) is 18.9. The predicted octanol–water partition coefficient (Wildman–Crippen LogP) is 8.16. The molecule has 4 atom stereocenters. The Morgan fingerprint density at radius 1 is 0.871 bits per heavy atom. The van der Waals surface area contributed by atoms with E-state index in [4.69, 9.17) is 0 Å². The summed E-state index contributed by atoms with van der Waals surface area (Å²) in [5.41, 5.74) is 2.61. The van der Waals surface area contributed by atoms with Crippen molar-refractivity contribution in [3.63, 3.8) is 0 Å². The molecule has 0 spiro atoms. The van der Waals surface area contributed by atoms with Gasteiger partial charge in [0.15, 0.2) is 0 Å². The average molecular weight is 421 g/mol. The summed E-state index contributed by atoms with van der Waals surface area (Å²) in [6.45, 7) is 4.27. The van der Waals surface area contributed by atoms with Crippen LogP contribution in [0.25, 0.3) is 0 Å². The summed E-state index contributed by atoms with van der Waals surface area (Å²) in [6.07, 6.45) is 11.4. The Labute approximate surface area is 186 Å². The van der Waals surface area contributed by atoms with Gasteiger partial charge in [0, 0.05) is 5.56 Å². The molecule has 0 radical (unpaired) electrons. The van der Waals surface area contributed by atoms with E-state index in [1.54, 1.807) is 12.1 Å². The standard InChI is InChI=1S/C29H34F2/c1-3-4-5-22-10-12-24-17-25(14-13-23(24)16-22)26-18-28(30)27(29(31)19-26)15-11-21-8-6-20(2)7-9-21/h6-9,18-19,22-25H,3-5,10,12-14,16-17H2,1-2H3. The molecular formula is C29H34F2. The van der Waals surface area contributed by atoms with Crippen LogP contribution >= 0.6 is 0 Å². The zero-order chi connectivity index (χ0) is 21.8. The molecule has 0 N–H and O–H groups in total. The van der Waals surface area contributed by atoms with Gasteiger partial charge in [-0.05, 0) is 92.5 Å². The number of hydrogen-bond donors (Lipinski definition) is 0. The Kier molecular flexibility index (Phi) is 7.11. The Morgan fingerprint density at radius 3 is 2.26 bits per heavy atom. The summed E-state index contributed by atoms with van der Waals surface area (Å²) >= 11 is 0. The molecule has 0 amide bonds. The van der Waals surface area contributed by atoms with Gasteiger partial charge in [-0.25, -0.2) is 8.78 Å². The Balaban J connectivity index is 1.44. The van der Waals surface area contributed by atoms with E-state index in [9.17, 15) is 8.78 Å². The maximum atomic E-state index is 14.8. The van der Waals surface area contributed by atoms with Crippen molar-refractivity contribution in [3.8, 4) is 11.8 Å². The third-order valence-electron chi connectivity index (χ3n) is 7.61. The molecule has 2 aromatic rings. The molecule has 31 heavy (non-hydrogen) atoms. The second-order valence-electron chi connectivity index (χ2n) is 9.83. The maximum absolute atomic E-state index is 14.8. The van der Waals surface area contributed by atoms with Crippen LogP contribution in [0.1, 0.15) is 92.9 Å². The first-order valence-corrected chi connectivity index (χ1v) is 12.1. The molecule has 2 aliphatic rings. The molecule has 0 nitrogen and oxygen atoms in total. The van der Waals surface area contributed by atoms with Crippen LogP contribution in [0.2, 0.25) is 0 Å². The molecule has 0 bridgehead atoms. The van der Waals surface area contributed by atoms with Crippen LogP contribution in [0.5, 0.6) is 0 Å². The molecule has 0 aliphatic heterocycles. The van der Waals surface area contributed by atoms with Gasteiger partial charge in [-0.3, -0.25) is 0 Å². The summed E-state index contributed by atoms with van der Waals surface area (Å²) in [7, 11) is 0. The first-order chi connectivity index (χ1) is 15.0. The van der Waals surface area contributed by atoms with Crippen LogP contribution in [0.15, 0.2) is 36.4 Å². The van der Waals surface area contributed by atoms with E-state index in [2.05, 4.69) is 18.8 Å². The van der Waals surface area contributed by atoms with Crippen LogP contribution < -0.4 is 0 Å². The van der Waals surface area contributed by atoms with Gasteiger partial charge in [0.25, 0.3) is 0 Å². The van der Waals surface area contributed by atoms with E-state index >= 15 is 0 Å². The molecule has 4 rings (SSSR count). The van der Waals surface area contributed by atoms with Gasteiger partial charge in [-0.15, -0.1) is 0 Å². The van der Waals surface area contributed by atoms with Crippen molar-refractivity contribution < 1.29 is 8.78 Å². The van der Waals surface area contributed by atoms with Gasteiger partial charge in [0.2, 0.25) is 0 Å². The molecule has 0 saturated heterocycles. The van der Waals surface area contributed by atoms with Crippen LogP contribution in [-0.2, 0) is 0 Å². The van der Waals surface area contributed by atoms with E-state index in [-0.39, 0.29) is 11.5 Å². The molecule has 4 unspecified atom stereocenters. The van der Waals surface area contributed by atoms with Gasteiger partial charge in [0.05, 0.1) is 5.56 Å². The zero-order valence-electron chi connectivity index (χ0n) is 18.9. The van der Waals surface area contributed by atoms with E-state index in [1.165, 1.54) is 44.9 Å². The van der Waals surface area contributed by atoms with Crippen molar-refractivity contribution in [2.24, 2.45) is 17.8 Å². The number of benzene rings is 2. The smallest absolute Gasteiger partial charge is 0.142 e. The lowest BCUT2D eigenvalue weighted by atomic mass is 9.63. The predicted molar refractivity (Wildman–Crippen MR) is 124 cm³/mol. The van der Waals surface area contributed by atoms with Gasteiger partial charge in [-0.2, -0.15) is 0 Å². The fourth-order valence-corrected chi connectivity index (χ4v) is 5.76. The van der Waals surface area contributed by atoms with E-state index in [0.29, 0.717) is 0 Å². The van der Waals surface area contributed by atoms with Crippen molar-refractivity contribution >= 4 is 0 Å². The highest BCUT2D eigenvalue weighted by Gasteiger charge is 2.36. The molecule has 2 aromatic carbocycles. The van der Waals surface area contributed by atoms with Crippen molar-refractivity contribution in [2.75, 3.05) is 0 Å². The highest BCUT2D eigenvalue weighted by Crippen LogP contribution is 2.48. The van der Waals surface area contributed by atoms with Gasteiger partial charge < -0.3 is 0 Å². The summed E-state index contributed by atoms with van der Waals surface area (Å²) in [5.74, 6) is 7.28. The minimum atomic E-state index is -0.528. The lowest BCUT2D eigenvalue weighted by molar-refractivity contribution is 0.113. The summed E-state index contributed by atoms with van der Waals surface area (Å²) in [4.78, 5) is 0. The third kappa shape index (κ3) is 5.38. The van der Waals surface area contributed by atoms with Gasteiger partial charge >= 0.3 is 0 Å². The molecule has 164 valence electrons. The van der Waals surface area contributed by atoms with Gasteiger partial charge in [-0.1, -0.05) is 62.1 Å². The number of fused-ring (bicyclic) bond motifs is 1. The van der Waals surface area contributed by atoms with E-state index in [0.717, 1.165) is 47.3 Å². The topological polar surface area (TPSA) is 0 Å². The Hall–Kier alpha value is -2.14. The molecule has 2 fully saturated rings. The summed E-state index contributed by atoms with van der Waals surface area (Å²) < 4.78 is 29.6. The van der Waals surface area contributed by atoms with Gasteiger partial charge in [0.1, 0.15) is 11.6 Å². The van der Waals surface area contributed by atoms with Crippen molar-refractivity contribution in [1.29, 1.82) is 0 Å². The first kappa shape index (κ1) is 22.1. The van der Waals surface area contributed by atoms with Crippen LogP contribution in [-0.4, -0.2) is 0 Å². The molecule has 2 heteroatoms. The monoisotopic (exact) mass is 420 g/mol. The van der Waals surface area contributed by atoms with Crippen molar-refractivity contribution in [3.05, 3.63) is 70.3 Å². The largest absolute Gasteiger partial charge is 0.206 e. The first-order valence-electron chi connectivity index (χ1n) is 12.1. The molecule has 0 aromatic heterocycles. The SMILES string of the molecule is CCCCC1CCC2CC(c3cc(F)c(C#Cc4ccc(C)cc4)c(F)c3)CCC2C1. The number of halogens is 2. The van der Waals surface area contributed by atoms with Crippen LogP contribution in [0.4, 0.5) is 8.78 Å². The number of rotatable bonds is 4. The minimum Gasteiger partial charge on any atom is -0.206 e. The number of unbranched alkanes of at least 4 members (excludes halogenated alkanes) is 1. The van der Waals surface area contributed by atoms with Crippen molar-refractivity contribution in [1.82, 2.24) is 0 Å². The Morgan fingerprint density at radius 2 is 1.55 bits per heavy atom. The highest BCUT2D eigenvalue weighted by atomic mass is 19.1. The fourth-order valence-electron chi connectivity index (χ4n) is 5.76. The minimum absolute atomic E-state index is 0.116. The van der Waals surface area contributed by atoms with Crippen molar-refractivity contribution in [2.45, 2.75) is 77.6 Å². The highest BCUT2D eigenvalue weighted by molar-refractivity contribution is 5.46. The fraction of sp³-hybridized carbons (Fsp3) is 0.517. The molecule has 2 saturated carbocycles. The Bertz CT molecular complexity index is 924. The quantitative estimate of drug-likeness (QED) is 0.438. The van der Waals surface area contributed by atoms with E-state index in [1.807, 2.05) is 31.2 Å². The summed E-state index contributed by atoms with van der Waals surface area (Å²) in [6, 6.07) is 10.7. The van der Waals surface area contributed by atoms with E-state index < -0.39 is 11.6 Å². The lowest BCUT2D eigenvalue weighted by Crippen LogP contribution is -2.30. The second-order valence-corrected chi connectivity index (χ2v) is 9.83. The summed E-state index contributed by atoms with van der Waals surface area (Å²) in [5, 5.41) is 0. The number of hydrogen-bond acceptors (Lipinski definition) is 0. The van der Waals surface area contributed by atoms with Crippen LogP contribution in [0, 0.1) is 48.2 Å².